The summed E-state index contributed by atoms with van der Waals surface area (Å²) >= 11 is 0.882. The van der Waals surface area contributed by atoms with Crippen molar-refractivity contribution in [2.45, 2.75) is 50.4 Å². The van der Waals surface area contributed by atoms with E-state index in [9.17, 15) is 18.0 Å². The predicted molar refractivity (Wildman–Crippen MR) is 75.7 cm³/mol. The van der Waals surface area contributed by atoms with Crippen LogP contribution in [0.3, 0.4) is 0 Å². The van der Waals surface area contributed by atoms with Crippen molar-refractivity contribution < 1.29 is 22.7 Å². The second-order valence-electron chi connectivity index (χ2n) is 4.93. The lowest BCUT2D eigenvalue weighted by Gasteiger charge is -2.15. The second kappa shape index (κ2) is 7.30. The van der Waals surface area contributed by atoms with Crippen LogP contribution in [-0.4, -0.2) is 28.3 Å². The number of alkyl halides is 3. The number of hydrogen-bond acceptors (Lipinski definition) is 5. The van der Waals surface area contributed by atoms with Crippen LogP contribution in [0, 0.1) is 0 Å². The molecule has 0 fully saturated rings. The number of carbonyl (C=O) groups is 1. The zero-order valence-electron chi connectivity index (χ0n) is 12.2. The number of rotatable bonds is 4. The smallest absolute Gasteiger partial charge is 0.433 e. The first-order valence-electron chi connectivity index (χ1n) is 7.17. The van der Waals surface area contributed by atoms with Crippen LogP contribution in [0.5, 0.6) is 0 Å². The summed E-state index contributed by atoms with van der Waals surface area (Å²) < 4.78 is 44.4. The molecule has 4 nitrogen and oxygen atoms in total. The molecule has 8 heteroatoms. The lowest BCUT2D eigenvalue weighted by atomic mass is 10.1. The van der Waals surface area contributed by atoms with Crippen molar-refractivity contribution in [1.29, 1.82) is 0 Å². The molecule has 122 valence electrons. The highest BCUT2D eigenvalue weighted by Gasteiger charge is 2.37. The van der Waals surface area contributed by atoms with Crippen LogP contribution in [0.25, 0.3) is 0 Å². The average molecular weight is 334 g/mol. The van der Waals surface area contributed by atoms with Gasteiger partial charge in [0.1, 0.15) is 0 Å². The summed E-state index contributed by atoms with van der Waals surface area (Å²) in [5.41, 5.74) is -0.178. The first-order chi connectivity index (χ1) is 10.4. The zero-order chi connectivity index (χ0) is 16.2. The van der Waals surface area contributed by atoms with Gasteiger partial charge in [0.05, 0.1) is 12.4 Å². The van der Waals surface area contributed by atoms with E-state index in [1.165, 1.54) is 0 Å². The number of nitrogens with zero attached hydrogens (tertiary/aromatic N) is 2. The Balaban J connectivity index is 2.28. The number of aryl methyl sites for hydroxylation is 1. The van der Waals surface area contributed by atoms with Crippen LogP contribution >= 0.6 is 11.8 Å². The molecule has 0 unspecified atom stereocenters. The van der Waals surface area contributed by atoms with E-state index >= 15 is 0 Å². The van der Waals surface area contributed by atoms with Crippen LogP contribution < -0.4 is 0 Å². The topological polar surface area (TPSA) is 52.1 Å². The number of ether oxygens (including phenoxy) is 1. The van der Waals surface area contributed by atoms with Crippen molar-refractivity contribution in [1.82, 2.24) is 9.97 Å². The van der Waals surface area contributed by atoms with E-state index in [0.29, 0.717) is 18.5 Å². The van der Waals surface area contributed by atoms with Crippen LogP contribution in [0.2, 0.25) is 0 Å². The minimum atomic E-state index is -4.50. The fourth-order valence-corrected chi connectivity index (χ4v) is 3.03. The third kappa shape index (κ3) is 4.34. The van der Waals surface area contributed by atoms with Crippen molar-refractivity contribution >= 4 is 17.7 Å². The molecule has 22 heavy (non-hydrogen) atoms. The van der Waals surface area contributed by atoms with Gasteiger partial charge >= 0.3 is 12.1 Å². The summed E-state index contributed by atoms with van der Waals surface area (Å²) in [6.45, 7) is 1.90. The zero-order valence-corrected chi connectivity index (χ0v) is 13.0. The number of aromatic nitrogens is 2. The SMILES string of the molecule is CCOC(=O)CSc1nc2c(c(C(F)(F)F)n1)CCCCC2. The van der Waals surface area contributed by atoms with Crippen molar-refractivity contribution in [3.63, 3.8) is 0 Å². The van der Waals surface area contributed by atoms with Gasteiger partial charge < -0.3 is 4.74 Å². The van der Waals surface area contributed by atoms with Gasteiger partial charge in [0.25, 0.3) is 0 Å². The summed E-state index contributed by atoms with van der Waals surface area (Å²) in [5, 5.41) is -0.0129. The Labute approximate surface area is 130 Å². The summed E-state index contributed by atoms with van der Waals surface area (Å²) in [6.07, 6.45) is -1.20. The average Bonchev–Trinajstić information content (AvgIpc) is 2.68. The molecule has 0 saturated carbocycles. The molecule has 1 aliphatic rings. The van der Waals surface area contributed by atoms with Crippen LogP contribution in [0.15, 0.2) is 5.16 Å². The molecule has 1 aromatic heterocycles. The third-order valence-corrected chi connectivity index (χ3v) is 4.13. The van der Waals surface area contributed by atoms with Gasteiger partial charge in [-0.3, -0.25) is 4.79 Å². The summed E-state index contributed by atoms with van der Waals surface area (Å²) in [5.74, 6) is -0.580. The molecule has 0 amide bonds. The standard InChI is InChI=1S/C14H17F3N2O2S/c1-2-21-11(20)8-22-13-18-10-7-5-3-4-6-9(10)12(19-13)14(15,16)17/h2-8H2,1H3. The highest BCUT2D eigenvalue weighted by Crippen LogP contribution is 2.35. The normalized spacial score (nSPS) is 15.1. The number of halogens is 3. The van der Waals surface area contributed by atoms with Gasteiger partial charge in [0.15, 0.2) is 10.9 Å². The van der Waals surface area contributed by atoms with E-state index in [1.807, 2.05) is 0 Å². The molecule has 0 N–H and O–H groups in total. The maximum absolute atomic E-state index is 13.2. The number of hydrogen-bond donors (Lipinski definition) is 0. The Bertz CT molecular complexity index is 550. The molecule has 2 rings (SSSR count). The Morgan fingerprint density at radius 1 is 1.23 bits per heavy atom. The number of esters is 1. The molecule has 1 aliphatic carbocycles. The van der Waals surface area contributed by atoms with Crippen LogP contribution in [0.1, 0.15) is 43.1 Å². The lowest BCUT2D eigenvalue weighted by Crippen LogP contribution is -2.16. The van der Waals surface area contributed by atoms with E-state index < -0.39 is 17.8 Å². The van der Waals surface area contributed by atoms with Gasteiger partial charge in [-0.2, -0.15) is 13.2 Å². The molecular formula is C14H17F3N2O2S. The largest absolute Gasteiger partial charge is 0.465 e. The van der Waals surface area contributed by atoms with Gasteiger partial charge in [0, 0.05) is 11.3 Å². The van der Waals surface area contributed by atoms with Crippen molar-refractivity contribution in [2.24, 2.45) is 0 Å². The highest BCUT2D eigenvalue weighted by molar-refractivity contribution is 7.99. The monoisotopic (exact) mass is 334 g/mol. The minimum absolute atomic E-state index is 0.0129. The van der Waals surface area contributed by atoms with Crippen molar-refractivity contribution in [3.8, 4) is 0 Å². The van der Waals surface area contributed by atoms with E-state index in [-0.39, 0.29) is 23.1 Å². The van der Waals surface area contributed by atoms with Gasteiger partial charge in [-0.05, 0) is 32.6 Å². The summed E-state index contributed by atoms with van der Waals surface area (Å²) in [4.78, 5) is 19.2. The molecule has 0 bridgehead atoms. The molecule has 0 spiro atoms. The van der Waals surface area contributed by atoms with Crippen LogP contribution in [-0.2, 0) is 28.5 Å². The quantitative estimate of drug-likeness (QED) is 0.365. The minimum Gasteiger partial charge on any atom is -0.465 e. The summed E-state index contributed by atoms with van der Waals surface area (Å²) in [6, 6.07) is 0. The fourth-order valence-electron chi connectivity index (χ4n) is 2.37. The Morgan fingerprint density at radius 2 is 1.95 bits per heavy atom. The van der Waals surface area contributed by atoms with Gasteiger partial charge in [0.2, 0.25) is 0 Å². The molecule has 0 atom stereocenters. The van der Waals surface area contributed by atoms with Gasteiger partial charge in [-0.15, -0.1) is 0 Å². The third-order valence-electron chi connectivity index (χ3n) is 3.31. The molecule has 0 radical (unpaired) electrons. The van der Waals surface area contributed by atoms with E-state index in [0.717, 1.165) is 31.0 Å². The lowest BCUT2D eigenvalue weighted by molar-refractivity contribution is -0.142. The van der Waals surface area contributed by atoms with Crippen molar-refractivity contribution in [2.75, 3.05) is 12.4 Å². The second-order valence-corrected chi connectivity index (χ2v) is 5.87. The van der Waals surface area contributed by atoms with Gasteiger partial charge in [-0.1, -0.05) is 18.2 Å². The number of thioether (sulfide) groups is 1. The first kappa shape index (κ1) is 17.1. The Morgan fingerprint density at radius 3 is 2.64 bits per heavy atom. The van der Waals surface area contributed by atoms with Gasteiger partial charge in [-0.25, -0.2) is 9.97 Å². The Kier molecular flexibility index (Phi) is 5.66. The summed E-state index contributed by atoms with van der Waals surface area (Å²) in [7, 11) is 0. The molecule has 0 aliphatic heterocycles. The first-order valence-corrected chi connectivity index (χ1v) is 8.15. The molecule has 0 aromatic carbocycles. The molecular weight excluding hydrogens is 317 g/mol. The molecule has 1 aromatic rings. The van der Waals surface area contributed by atoms with E-state index in [2.05, 4.69) is 9.97 Å². The number of fused-ring (bicyclic) bond motifs is 1. The van der Waals surface area contributed by atoms with Crippen LogP contribution in [0.4, 0.5) is 13.2 Å². The highest BCUT2D eigenvalue weighted by atomic mass is 32.2. The molecule has 0 saturated heterocycles. The molecule has 1 heterocycles. The number of carbonyl (C=O) groups excluding carboxylic acids is 1. The van der Waals surface area contributed by atoms with E-state index in [4.69, 9.17) is 4.74 Å². The maximum Gasteiger partial charge on any atom is 0.433 e. The van der Waals surface area contributed by atoms with E-state index in [1.54, 1.807) is 6.92 Å². The predicted octanol–water partition coefficient (Wildman–Crippen LogP) is 3.42. The fraction of sp³-hybridized carbons (Fsp3) is 0.643. The maximum atomic E-state index is 13.2. The van der Waals surface area contributed by atoms with Crippen molar-refractivity contribution in [3.05, 3.63) is 17.0 Å². The Hall–Kier alpha value is -1.31.